The summed E-state index contributed by atoms with van der Waals surface area (Å²) in [5.74, 6) is 0. The molecule has 1 amide bonds. The van der Waals surface area contributed by atoms with Crippen LogP contribution in [0.15, 0.2) is 24.3 Å². The van der Waals surface area contributed by atoms with Crippen LogP contribution < -0.4 is 4.90 Å². The zero-order chi connectivity index (χ0) is 9.14. The molecule has 0 saturated heterocycles. The molecule has 1 rings (SSSR count). The zero-order valence-electron chi connectivity index (χ0n) is 6.42. The number of hydrogen-bond donors (Lipinski definition) is 0. The number of amides is 1. The molecule has 0 aliphatic rings. The SMILES string of the molecule is CN(C(=O)Cl)c1ccccc1Cl. The molecule has 0 unspecified atom stereocenters. The Morgan fingerprint density at radius 2 is 2.00 bits per heavy atom. The Kier molecular flexibility index (Phi) is 2.95. The van der Waals surface area contributed by atoms with Gasteiger partial charge in [-0.05, 0) is 23.7 Å². The van der Waals surface area contributed by atoms with Crippen molar-refractivity contribution in [2.24, 2.45) is 0 Å². The van der Waals surface area contributed by atoms with Crippen molar-refractivity contribution in [3.05, 3.63) is 29.3 Å². The van der Waals surface area contributed by atoms with E-state index in [9.17, 15) is 4.79 Å². The molecule has 0 saturated carbocycles. The van der Waals surface area contributed by atoms with Crippen LogP contribution >= 0.6 is 23.2 Å². The van der Waals surface area contributed by atoms with Gasteiger partial charge in [0.25, 0.3) is 0 Å². The molecule has 0 bridgehead atoms. The lowest BCUT2D eigenvalue weighted by Crippen LogP contribution is -2.19. The molecule has 0 aliphatic heterocycles. The van der Waals surface area contributed by atoms with Gasteiger partial charge in [0.15, 0.2) is 0 Å². The van der Waals surface area contributed by atoms with Gasteiger partial charge in [-0.2, -0.15) is 0 Å². The van der Waals surface area contributed by atoms with Crippen LogP contribution in [0, 0.1) is 0 Å². The Morgan fingerprint density at radius 3 is 2.50 bits per heavy atom. The third-order valence-corrected chi connectivity index (χ3v) is 2.05. The highest BCUT2D eigenvalue weighted by molar-refractivity contribution is 6.66. The number of rotatable bonds is 1. The van der Waals surface area contributed by atoms with Crippen LogP contribution in [0.25, 0.3) is 0 Å². The summed E-state index contributed by atoms with van der Waals surface area (Å²) in [6, 6.07) is 7.01. The number of carbonyl (C=O) groups excluding carboxylic acids is 1. The third-order valence-electron chi connectivity index (χ3n) is 1.48. The van der Waals surface area contributed by atoms with Gasteiger partial charge in [0.05, 0.1) is 10.7 Å². The molecule has 1 aromatic carbocycles. The van der Waals surface area contributed by atoms with E-state index < -0.39 is 5.37 Å². The van der Waals surface area contributed by atoms with Gasteiger partial charge < -0.3 is 4.90 Å². The minimum Gasteiger partial charge on any atom is -0.300 e. The molecule has 0 fully saturated rings. The maximum atomic E-state index is 10.7. The second kappa shape index (κ2) is 3.78. The van der Waals surface area contributed by atoms with Gasteiger partial charge in [-0.3, -0.25) is 4.79 Å². The Hall–Kier alpha value is -0.730. The van der Waals surface area contributed by atoms with E-state index in [2.05, 4.69) is 0 Å². The van der Waals surface area contributed by atoms with Crippen molar-refractivity contribution < 1.29 is 4.79 Å². The first-order valence-electron chi connectivity index (χ1n) is 3.30. The number of benzene rings is 1. The summed E-state index contributed by atoms with van der Waals surface area (Å²) >= 11 is 11.1. The quantitative estimate of drug-likeness (QED) is 0.508. The summed E-state index contributed by atoms with van der Waals surface area (Å²) in [4.78, 5) is 12.0. The number of para-hydroxylation sites is 1. The highest BCUT2D eigenvalue weighted by Crippen LogP contribution is 2.24. The normalized spacial score (nSPS) is 9.58. The van der Waals surface area contributed by atoms with Crippen LogP contribution in [-0.4, -0.2) is 12.4 Å². The number of hydrogen-bond acceptors (Lipinski definition) is 1. The van der Waals surface area contributed by atoms with E-state index in [1.807, 2.05) is 0 Å². The van der Waals surface area contributed by atoms with Gasteiger partial charge in [0.2, 0.25) is 0 Å². The van der Waals surface area contributed by atoms with Gasteiger partial charge in [0.1, 0.15) is 0 Å². The van der Waals surface area contributed by atoms with Crippen molar-refractivity contribution in [3.8, 4) is 0 Å². The molecule has 4 heteroatoms. The van der Waals surface area contributed by atoms with Crippen LogP contribution in [0.2, 0.25) is 5.02 Å². The van der Waals surface area contributed by atoms with Crippen molar-refractivity contribution in [2.75, 3.05) is 11.9 Å². The first-order chi connectivity index (χ1) is 5.63. The topological polar surface area (TPSA) is 20.3 Å². The lowest BCUT2D eigenvalue weighted by atomic mass is 10.3. The van der Waals surface area contributed by atoms with E-state index in [4.69, 9.17) is 23.2 Å². The average molecular weight is 204 g/mol. The van der Waals surface area contributed by atoms with Crippen molar-refractivity contribution in [1.82, 2.24) is 0 Å². The summed E-state index contributed by atoms with van der Waals surface area (Å²) in [6.45, 7) is 0. The fourth-order valence-corrected chi connectivity index (χ4v) is 1.17. The molecular formula is C8H7Cl2NO. The minimum atomic E-state index is -0.553. The predicted octanol–water partition coefficient (Wildman–Crippen LogP) is 3.14. The van der Waals surface area contributed by atoms with E-state index in [-0.39, 0.29) is 0 Å². The summed E-state index contributed by atoms with van der Waals surface area (Å²) < 4.78 is 0. The van der Waals surface area contributed by atoms with Crippen molar-refractivity contribution in [1.29, 1.82) is 0 Å². The first-order valence-corrected chi connectivity index (χ1v) is 4.06. The van der Waals surface area contributed by atoms with Gasteiger partial charge in [0, 0.05) is 7.05 Å². The number of nitrogens with zero attached hydrogens (tertiary/aromatic N) is 1. The minimum absolute atomic E-state index is 0.508. The number of halogens is 2. The molecule has 0 N–H and O–H groups in total. The molecule has 0 aromatic heterocycles. The molecule has 1 aromatic rings. The zero-order valence-corrected chi connectivity index (χ0v) is 7.93. The lowest BCUT2D eigenvalue weighted by molar-refractivity contribution is 0.265. The molecule has 0 atom stereocenters. The maximum Gasteiger partial charge on any atom is 0.320 e. The van der Waals surface area contributed by atoms with Crippen molar-refractivity contribution in [3.63, 3.8) is 0 Å². The summed E-state index contributed by atoms with van der Waals surface area (Å²) in [5.41, 5.74) is 0.610. The predicted molar refractivity (Wildman–Crippen MR) is 51.1 cm³/mol. The monoisotopic (exact) mass is 203 g/mol. The molecule has 2 nitrogen and oxygen atoms in total. The molecular weight excluding hydrogens is 197 g/mol. The first kappa shape index (κ1) is 9.36. The van der Waals surface area contributed by atoms with E-state index in [1.165, 1.54) is 4.90 Å². The molecule has 12 heavy (non-hydrogen) atoms. The largest absolute Gasteiger partial charge is 0.320 e. The van der Waals surface area contributed by atoms with Crippen LogP contribution in [0.4, 0.5) is 10.5 Å². The van der Waals surface area contributed by atoms with E-state index in [1.54, 1.807) is 31.3 Å². The van der Waals surface area contributed by atoms with E-state index in [0.29, 0.717) is 10.7 Å². The van der Waals surface area contributed by atoms with Crippen LogP contribution in [0.5, 0.6) is 0 Å². The van der Waals surface area contributed by atoms with Crippen molar-refractivity contribution in [2.45, 2.75) is 0 Å². The lowest BCUT2D eigenvalue weighted by Gasteiger charge is -2.14. The van der Waals surface area contributed by atoms with E-state index >= 15 is 0 Å². The third kappa shape index (κ3) is 1.90. The van der Waals surface area contributed by atoms with Gasteiger partial charge >= 0.3 is 5.37 Å². The number of anilines is 1. The van der Waals surface area contributed by atoms with Gasteiger partial charge in [-0.25, -0.2) is 0 Å². The second-order valence-corrected chi connectivity index (χ2v) is 2.99. The standard InChI is InChI=1S/C8H7Cl2NO/c1-11(8(10)12)7-5-3-2-4-6(7)9/h2-5H,1H3. The molecule has 64 valence electrons. The highest BCUT2D eigenvalue weighted by atomic mass is 35.5. The molecule has 0 heterocycles. The van der Waals surface area contributed by atoms with Crippen LogP contribution in [0.3, 0.4) is 0 Å². The number of carbonyl (C=O) groups is 1. The Bertz CT molecular complexity index is 301. The fraction of sp³-hybridized carbons (Fsp3) is 0.125. The van der Waals surface area contributed by atoms with Crippen LogP contribution in [-0.2, 0) is 0 Å². The Morgan fingerprint density at radius 1 is 1.42 bits per heavy atom. The van der Waals surface area contributed by atoms with Crippen molar-refractivity contribution >= 4 is 34.3 Å². The van der Waals surface area contributed by atoms with E-state index in [0.717, 1.165) is 0 Å². The van der Waals surface area contributed by atoms with Gasteiger partial charge in [-0.1, -0.05) is 23.7 Å². The smallest absolute Gasteiger partial charge is 0.300 e. The molecule has 0 radical (unpaired) electrons. The molecule has 0 spiro atoms. The summed E-state index contributed by atoms with van der Waals surface area (Å²) in [7, 11) is 1.57. The fourth-order valence-electron chi connectivity index (χ4n) is 0.818. The maximum absolute atomic E-state index is 10.7. The van der Waals surface area contributed by atoms with Gasteiger partial charge in [-0.15, -0.1) is 0 Å². The second-order valence-electron chi connectivity index (χ2n) is 2.26. The Balaban J connectivity index is 3.02. The Labute approximate surface area is 80.7 Å². The summed E-state index contributed by atoms with van der Waals surface area (Å²) in [5, 5.41) is -0.0444. The highest BCUT2D eigenvalue weighted by Gasteiger charge is 2.09. The molecule has 0 aliphatic carbocycles. The van der Waals surface area contributed by atoms with Crippen LogP contribution in [0.1, 0.15) is 0 Å². The summed E-state index contributed by atoms with van der Waals surface area (Å²) in [6.07, 6.45) is 0. The average Bonchev–Trinajstić information content (AvgIpc) is 2.04.